The number of likely N-dealkylation sites (N-methyl/N-ethyl adjacent to an activating group) is 1. The Kier molecular flexibility index (Phi) is 5.39. The van der Waals surface area contributed by atoms with E-state index in [0.717, 1.165) is 36.5 Å². The SMILES string of the molecule is COCCN1CCC(C(=O)N2CCc3c(sc4c3C(=O)N(C)CC(=O)N4)C2)C1. The normalized spacial score (nSPS) is 22.7. The molecule has 3 amide bonds. The summed E-state index contributed by atoms with van der Waals surface area (Å²) in [6.07, 6.45) is 1.54. The number of amides is 3. The lowest BCUT2D eigenvalue weighted by Crippen LogP contribution is -2.41. The molecule has 3 aliphatic rings. The van der Waals surface area contributed by atoms with Crippen molar-refractivity contribution < 1.29 is 19.1 Å². The summed E-state index contributed by atoms with van der Waals surface area (Å²) in [4.78, 5) is 44.4. The van der Waals surface area contributed by atoms with Crippen molar-refractivity contribution in [3.05, 3.63) is 16.0 Å². The van der Waals surface area contributed by atoms with Gasteiger partial charge in [0.05, 0.1) is 31.2 Å². The van der Waals surface area contributed by atoms with E-state index in [9.17, 15) is 14.4 Å². The van der Waals surface area contributed by atoms with E-state index in [2.05, 4.69) is 10.2 Å². The van der Waals surface area contributed by atoms with Crippen molar-refractivity contribution in [2.24, 2.45) is 5.92 Å². The number of nitrogens with one attached hydrogen (secondary N) is 1. The van der Waals surface area contributed by atoms with Crippen molar-refractivity contribution in [3.63, 3.8) is 0 Å². The van der Waals surface area contributed by atoms with Crippen LogP contribution in [0.3, 0.4) is 0 Å². The Bertz CT molecular complexity index is 808. The monoisotopic (exact) mass is 406 g/mol. The first-order chi connectivity index (χ1) is 13.5. The maximum absolute atomic E-state index is 13.0. The molecule has 1 fully saturated rings. The molecular weight excluding hydrogens is 380 g/mol. The fourth-order valence-electron chi connectivity index (χ4n) is 4.27. The molecule has 152 valence electrons. The van der Waals surface area contributed by atoms with E-state index in [1.807, 2.05) is 4.90 Å². The van der Waals surface area contributed by atoms with Crippen molar-refractivity contribution in [3.8, 4) is 0 Å². The third kappa shape index (κ3) is 3.54. The summed E-state index contributed by atoms with van der Waals surface area (Å²) in [6.45, 7) is 4.47. The Labute approximate surface area is 168 Å². The second-order valence-electron chi connectivity index (χ2n) is 7.71. The van der Waals surface area contributed by atoms with Gasteiger partial charge < -0.3 is 24.8 Å². The van der Waals surface area contributed by atoms with Crippen molar-refractivity contribution in [1.82, 2.24) is 14.7 Å². The molecule has 1 aromatic heterocycles. The summed E-state index contributed by atoms with van der Waals surface area (Å²) in [5.74, 6) is -0.0660. The molecule has 1 saturated heterocycles. The lowest BCUT2D eigenvalue weighted by atomic mass is 10.00. The van der Waals surface area contributed by atoms with Crippen molar-refractivity contribution in [2.75, 3.05) is 58.8 Å². The molecule has 0 bridgehead atoms. The van der Waals surface area contributed by atoms with E-state index < -0.39 is 0 Å². The van der Waals surface area contributed by atoms with Gasteiger partial charge in [0.2, 0.25) is 11.8 Å². The Balaban J connectivity index is 1.47. The predicted octanol–water partition coefficient (Wildman–Crippen LogP) is 0.625. The molecule has 3 aliphatic heterocycles. The summed E-state index contributed by atoms with van der Waals surface area (Å²) >= 11 is 1.44. The van der Waals surface area contributed by atoms with Crippen LogP contribution < -0.4 is 5.32 Å². The van der Waals surface area contributed by atoms with Crippen LogP contribution >= 0.6 is 11.3 Å². The van der Waals surface area contributed by atoms with E-state index in [4.69, 9.17) is 4.74 Å². The van der Waals surface area contributed by atoms with Gasteiger partial charge >= 0.3 is 0 Å². The van der Waals surface area contributed by atoms with Crippen LogP contribution in [0, 0.1) is 5.92 Å². The van der Waals surface area contributed by atoms with Crippen molar-refractivity contribution in [2.45, 2.75) is 19.4 Å². The molecule has 0 aromatic carbocycles. The highest BCUT2D eigenvalue weighted by molar-refractivity contribution is 7.17. The molecular formula is C19H26N4O4S. The highest BCUT2D eigenvalue weighted by Gasteiger charge is 2.36. The number of hydrogen-bond donors (Lipinski definition) is 1. The predicted molar refractivity (Wildman–Crippen MR) is 105 cm³/mol. The Hall–Kier alpha value is -1.97. The number of carbonyl (C=O) groups excluding carboxylic acids is 3. The lowest BCUT2D eigenvalue weighted by Gasteiger charge is -2.30. The standard InChI is InChI=1S/C19H26N4O4S/c1-21-11-15(24)20-17-16(19(21)26)13-4-6-23(10-14(13)28-17)18(25)12-3-5-22(9-12)7-8-27-2/h12H,3-11H2,1-2H3,(H,20,24). The number of ether oxygens (including phenoxy) is 1. The van der Waals surface area contributed by atoms with Crippen molar-refractivity contribution in [1.29, 1.82) is 0 Å². The average Bonchev–Trinajstić information content (AvgIpc) is 3.26. The topological polar surface area (TPSA) is 82.2 Å². The number of anilines is 1. The number of rotatable bonds is 4. The first-order valence-corrected chi connectivity index (χ1v) is 10.5. The fraction of sp³-hybridized carbons (Fsp3) is 0.632. The summed E-state index contributed by atoms with van der Waals surface area (Å²) in [7, 11) is 3.34. The van der Waals surface area contributed by atoms with Gasteiger partial charge in [0.25, 0.3) is 5.91 Å². The zero-order valence-corrected chi connectivity index (χ0v) is 17.1. The van der Waals surface area contributed by atoms with Gasteiger partial charge in [-0.3, -0.25) is 14.4 Å². The van der Waals surface area contributed by atoms with Gasteiger partial charge in [-0.25, -0.2) is 0 Å². The van der Waals surface area contributed by atoms with Crippen LogP contribution in [0.5, 0.6) is 0 Å². The number of methoxy groups -OCH3 is 1. The number of nitrogens with zero attached hydrogens (tertiary/aromatic N) is 3. The van der Waals surface area contributed by atoms with Crippen LogP contribution in [-0.4, -0.2) is 85.9 Å². The molecule has 1 N–H and O–H groups in total. The third-order valence-corrected chi connectivity index (χ3v) is 6.93. The summed E-state index contributed by atoms with van der Waals surface area (Å²) in [5.41, 5.74) is 1.61. The van der Waals surface area contributed by atoms with Gasteiger partial charge in [-0.05, 0) is 24.9 Å². The first kappa shape index (κ1) is 19.4. The van der Waals surface area contributed by atoms with Crippen LogP contribution in [0.2, 0.25) is 0 Å². The molecule has 0 radical (unpaired) electrons. The van der Waals surface area contributed by atoms with Crippen LogP contribution in [0.4, 0.5) is 5.00 Å². The molecule has 8 nitrogen and oxygen atoms in total. The van der Waals surface area contributed by atoms with Crippen LogP contribution in [0.15, 0.2) is 0 Å². The number of carbonyl (C=O) groups is 3. The third-order valence-electron chi connectivity index (χ3n) is 5.80. The lowest BCUT2D eigenvalue weighted by molar-refractivity contribution is -0.136. The number of likely N-dealkylation sites (tertiary alicyclic amines) is 1. The number of fused-ring (bicyclic) bond motifs is 3. The number of hydrogen-bond acceptors (Lipinski definition) is 6. The van der Waals surface area contributed by atoms with E-state index in [-0.39, 0.29) is 30.2 Å². The summed E-state index contributed by atoms with van der Waals surface area (Å²) in [5, 5.41) is 3.49. The van der Waals surface area contributed by atoms with Crippen LogP contribution in [0.25, 0.3) is 0 Å². The molecule has 1 unspecified atom stereocenters. The van der Waals surface area contributed by atoms with Gasteiger partial charge in [-0.15, -0.1) is 11.3 Å². The van der Waals surface area contributed by atoms with Crippen LogP contribution in [-0.2, 0) is 27.3 Å². The maximum atomic E-state index is 13.0. The molecule has 4 heterocycles. The zero-order chi connectivity index (χ0) is 19.8. The second-order valence-corrected chi connectivity index (χ2v) is 8.81. The average molecular weight is 407 g/mol. The highest BCUT2D eigenvalue weighted by Crippen LogP contribution is 2.39. The largest absolute Gasteiger partial charge is 0.383 e. The van der Waals surface area contributed by atoms with Gasteiger partial charge in [-0.1, -0.05) is 0 Å². The second kappa shape index (κ2) is 7.81. The quantitative estimate of drug-likeness (QED) is 0.793. The molecule has 28 heavy (non-hydrogen) atoms. The van der Waals surface area contributed by atoms with Crippen LogP contribution in [0.1, 0.15) is 27.2 Å². The van der Waals surface area contributed by atoms with Gasteiger partial charge in [-0.2, -0.15) is 0 Å². The summed E-state index contributed by atoms with van der Waals surface area (Å²) in [6, 6.07) is 0. The first-order valence-electron chi connectivity index (χ1n) is 9.68. The van der Waals surface area contributed by atoms with E-state index >= 15 is 0 Å². The molecule has 1 aromatic rings. The minimum absolute atomic E-state index is 0.0312. The number of thiophene rings is 1. The Morgan fingerprint density at radius 2 is 2.11 bits per heavy atom. The molecule has 4 rings (SSSR count). The molecule has 9 heteroatoms. The minimum atomic E-state index is -0.178. The Morgan fingerprint density at radius 1 is 1.29 bits per heavy atom. The smallest absolute Gasteiger partial charge is 0.257 e. The summed E-state index contributed by atoms with van der Waals surface area (Å²) < 4.78 is 5.13. The molecule has 0 saturated carbocycles. The Morgan fingerprint density at radius 3 is 2.89 bits per heavy atom. The minimum Gasteiger partial charge on any atom is -0.383 e. The van der Waals surface area contributed by atoms with Crippen molar-refractivity contribution >= 4 is 34.1 Å². The molecule has 0 aliphatic carbocycles. The molecule has 1 atom stereocenters. The van der Waals surface area contributed by atoms with E-state index in [1.165, 1.54) is 16.2 Å². The van der Waals surface area contributed by atoms with E-state index in [0.29, 0.717) is 36.7 Å². The van der Waals surface area contributed by atoms with Gasteiger partial charge in [0.15, 0.2) is 0 Å². The zero-order valence-electron chi connectivity index (χ0n) is 16.3. The molecule has 0 spiro atoms. The van der Waals surface area contributed by atoms with Gasteiger partial charge in [0.1, 0.15) is 5.00 Å². The van der Waals surface area contributed by atoms with E-state index in [1.54, 1.807) is 14.2 Å². The fourth-order valence-corrected chi connectivity index (χ4v) is 5.54. The van der Waals surface area contributed by atoms with Gasteiger partial charge in [0, 0.05) is 38.7 Å². The highest BCUT2D eigenvalue weighted by atomic mass is 32.1. The maximum Gasteiger partial charge on any atom is 0.257 e.